The Morgan fingerprint density at radius 3 is 3.14 bits per heavy atom. The van der Waals surface area contributed by atoms with E-state index in [0.717, 1.165) is 12.3 Å². The smallest absolute Gasteiger partial charge is 0.119 e. The van der Waals surface area contributed by atoms with Crippen LogP contribution < -0.4 is 4.74 Å². The first-order valence-electron chi connectivity index (χ1n) is 9.42. The van der Waals surface area contributed by atoms with Gasteiger partial charge in [-0.25, -0.2) is 0 Å². The van der Waals surface area contributed by atoms with Crippen molar-refractivity contribution in [1.82, 2.24) is 4.90 Å². The van der Waals surface area contributed by atoms with Crippen LogP contribution in [-0.4, -0.2) is 31.1 Å². The van der Waals surface area contributed by atoms with E-state index < -0.39 is 6.56 Å². The largest absolute Gasteiger partial charge is 0.494 e. The number of hydrogen-bond donors (Lipinski definition) is 0. The van der Waals surface area contributed by atoms with Crippen LogP contribution in [-0.2, 0) is 11.8 Å². The lowest BCUT2D eigenvalue weighted by Crippen LogP contribution is -2.59. The van der Waals surface area contributed by atoms with Gasteiger partial charge >= 0.3 is 0 Å². The molecule has 2 aliphatic carbocycles. The molecule has 1 aliphatic heterocycles. The maximum Gasteiger partial charge on any atom is 0.119 e. The molecule has 1 saturated heterocycles. The van der Waals surface area contributed by atoms with Crippen molar-refractivity contribution in [3.63, 3.8) is 0 Å². The summed E-state index contributed by atoms with van der Waals surface area (Å²) in [5.41, 5.74) is 3.24. The highest BCUT2D eigenvalue weighted by Gasteiger charge is 2.53. The monoisotopic (exact) mass is 287 g/mol. The number of rotatable bonds is 2. The molecule has 21 heavy (non-hydrogen) atoms. The van der Waals surface area contributed by atoms with Gasteiger partial charge in [0, 0.05) is 11.5 Å². The molecule has 0 spiro atoms. The predicted molar refractivity (Wildman–Crippen MR) is 86.0 cm³/mol. The molecule has 1 saturated carbocycles. The number of piperidine rings is 1. The first kappa shape index (κ1) is 11.5. The summed E-state index contributed by atoms with van der Waals surface area (Å²) in [6, 6.07) is 6.99. The van der Waals surface area contributed by atoms with E-state index in [0.29, 0.717) is 17.2 Å². The van der Waals surface area contributed by atoms with E-state index in [1.165, 1.54) is 56.7 Å². The third-order valence-electron chi connectivity index (χ3n) is 6.31. The van der Waals surface area contributed by atoms with Crippen LogP contribution in [0.4, 0.5) is 0 Å². The van der Waals surface area contributed by atoms with Gasteiger partial charge in [-0.05, 0) is 75.4 Å². The van der Waals surface area contributed by atoms with Crippen LogP contribution in [0.3, 0.4) is 0 Å². The predicted octanol–water partition coefficient (Wildman–Crippen LogP) is 3.77. The Labute approximate surface area is 131 Å². The van der Waals surface area contributed by atoms with Crippen LogP contribution in [0, 0.1) is 5.92 Å². The summed E-state index contributed by atoms with van der Waals surface area (Å²) in [4.78, 5) is 2.58. The zero-order valence-electron chi connectivity index (χ0n) is 15.2. The fraction of sp³-hybridized carbons (Fsp3) is 0.684. The fourth-order valence-corrected chi connectivity index (χ4v) is 5.36. The van der Waals surface area contributed by atoms with Crippen molar-refractivity contribution in [1.29, 1.82) is 0 Å². The van der Waals surface area contributed by atoms with Crippen LogP contribution in [0.5, 0.6) is 5.75 Å². The van der Waals surface area contributed by atoms with Crippen LogP contribution in [0.1, 0.15) is 52.9 Å². The van der Waals surface area contributed by atoms with Gasteiger partial charge in [-0.15, -0.1) is 0 Å². The molecule has 2 nitrogen and oxygen atoms in total. The van der Waals surface area contributed by atoms with Gasteiger partial charge in [0.25, 0.3) is 0 Å². The molecule has 0 radical (unpaired) electrons. The van der Waals surface area contributed by atoms with Crippen LogP contribution in [0.15, 0.2) is 18.2 Å². The number of benzene rings is 1. The van der Waals surface area contributed by atoms with Gasteiger partial charge in [-0.1, -0.05) is 18.9 Å². The molecule has 3 atom stereocenters. The molecule has 2 heteroatoms. The summed E-state index contributed by atoms with van der Waals surface area (Å²) < 4.78 is 20.9. The summed E-state index contributed by atoms with van der Waals surface area (Å²) >= 11 is 0. The van der Waals surface area contributed by atoms with Crippen molar-refractivity contribution in [3.8, 4) is 5.75 Å². The average molecular weight is 287 g/mol. The lowest BCUT2D eigenvalue weighted by molar-refractivity contribution is 0.00271. The molecule has 1 unspecified atom stereocenters. The Morgan fingerprint density at radius 1 is 1.38 bits per heavy atom. The molecule has 1 aromatic rings. The molecule has 0 amide bonds. The molecule has 0 N–H and O–H groups in total. The summed E-state index contributed by atoms with van der Waals surface area (Å²) in [6.07, 6.45) is 7.69. The molecular formula is C19H27NO. The van der Waals surface area contributed by atoms with Gasteiger partial charge in [0.2, 0.25) is 0 Å². The quantitative estimate of drug-likeness (QED) is 0.821. The number of likely N-dealkylation sites (N-methyl/N-ethyl adjacent to an activating group) is 1. The van der Waals surface area contributed by atoms with Gasteiger partial charge in [0.05, 0.1) is 9.30 Å². The Balaban J connectivity index is 1.79. The Kier molecular flexibility index (Phi) is 2.75. The number of hydrogen-bond acceptors (Lipinski definition) is 2. The van der Waals surface area contributed by atoms with Gasteiger partial charge in [-0.2, -0.15) is 0 Å². The van der Waals surface area contributed by atoms with E-state index in [9.17, 15) is 0 Å². The highest BCUT2D eigenvalue weighted by Crippen LogP contribution is 2.55. The summed E-state index contributed by atoms with van der Waals surface area (Å²) in [6.45, 7) is 1.03. The first-order chi connectivity index (χ1) is 10.9. The number of ether oxygens (including phenoxy) is 1. The molecule has 2 fully saturated rings. The zero-order valence-corrected chi connectivity index (χ0v) is 13.2. The van der Waals surface area contributed by atoms with Crippen LogP contribution >= 0.6 is 0 Å². The van der Waals surface area contributed by atoms with Crippen LogP contribution in [0.2, 0.25) is 0 Å². The lowest BCUT2D eigenvalue weighted by Gasteiger charge is -2.58. The Hall–Kier alpha value is -1.02. The van der Waals surface area contributed by atoms with Crippen molar-refractivity contribution in [2.24, 2.45) is 5.92 Å². The van der Waals surface area contributed by atoms with Crippen molar-refractivity contribution >= 4 is 0 Å². The highest BCUT2D eigenvalue weighted by molar-refractivity contribution is 5.45. The normalized spacial score (nSPS) is 37.0. The van der Waals surface area contributed by atoms with E-state index in [-0.39, 0.29) is 0 Å². The molecule has 4 rings (SSSR count). The van der Waals surface area contributed by atoms with E-state index in [1.807, 2.05) is 6.07 Å². The number of likely N-dealkylation sites (tertiary alicyclic amines) is 1. The minimum absolute atomic E-state index is 0.308. The Morgan fingerprint density at radius 2 is 2.29 bits per heavy atom. The maximum absolute atomic E-state index is 7.69. The maximum atomic E-state index is 7.69. The average Bonchev–Trinajstić information content (AvgIpc) is 2.50. The molecule has 114 valence electrons. The Bertz CT molecular complexity index is 612. The van der Waals surface area contributed by atoms with Gasteiger partial charge in [0.1, 0.15) is 5.75 Å². The van der Waals surface area contributed by atoms with Gasteiger partial charge < -0.3 is 9.64 Å². The van der Waals surface area contributed by atoms with Crippen molar-refractivity contribution in [3.05, 3.63) is 29.3 Å². The van der Waals surface area contributed by atoms with Gasteiger partial charge in [-0.3, -0.25) is 0 Å². The topological polar surface area (TPSA) is 12.5 Å². The molecule has 0 aromatic heterocycles. The van der Waals surface area contributed by atoms with Crippen molar-refractivity contribution in [2.75, 3.05) is 20.2 Å². The van der Waals surface area contributed by atoms with Crippen molar-refractivity contribution in [2.45, 2.75) is 56.9 Å². The van der Waals surface area contributed by atoms with E-state index in [2.05, 4.69) is 24.1 Å². The summed E-state index contributed by atoms with van der Waals surface area (Å²) in [5.74, 6) is 1.45. The SMILES string of the molecule is [2H]C([2H])(C)Oc1ccc2c(c1)[C@]13CCCC[C@H]1C(C2)N(C)CC3. The van der Waals surface area contributed by atoms with E-state index in [1.54, 1.807) is 0 Å². The number of nitrogens with zero attached hydrogens (tertiary/aromatic N) is 1. The van der Waals surface area contributed by atoms with Crippen LogP contribution in [0.25, 0.3) is 0 Å². The second-order valence-electron chi connectivity index (χ2n) is 7.14. The summed E-state index contributed by atoms with van der Waals surface area (Å²) in [5, 5.41) is 0. The van der Waals surface area contributed by atoms with E-state index >= 15 is 0 Å². The molecule has 1 aromatic carbocycles. The highest BCUT2D eigenvalue weighted by atomic mass is 16.5. The standard InChI is InChI=1S/C19H27NO/c1-3-21-15-8-7-14-12-18-16-6-4-5-9-19(16,17(14)13-15)10-11-20(18)2/h7-8,13,16,18H,3-6,9-12H2,1-2H3/t16-,18?,19-/m0/s1/i3D2. The lowest BCUT2D eigenvalue weighted by atomic mass is 9.52. The first-order valence-corrected chi connectivity index (χ1v) is 8.42. The minimum atomic E-state index is -1.62. The van der Waals surface area contributed by atoms with E-state index in [4.69, 9.17) is 7.48 Å². The molecular weight excluding hydrogens is 258 g/mol. The zero-order chi connectivity index (χ0) is 16.2. The fourth-order valence-electron chi connectivity index (χ4n) is 5.36. The number of fused-ring (bicyclic) bond motifs is 1. The van der Waals surface area contributed by atoms with Crippen molar-refractivity contribution < 1.29 is 7.48 Å². The molecule has 2 bridgehead atoms. The third-order valence-corrected chi connectivity index (χ3v) is 6.31. The second-order valence-corrected chi connectivity index (χ2v) is 7.14. The van der Waals surface area contributed by atoms with Gasteiger partial charge in [0.15, 0.2) is 0 Å². The second kappa shape index (κ2) is 5.01. The molecule has 1 heterocycles. The minimum Gasteiger partial charge on any atom is -0.494 e. The summed E-state index contributed by atoms with van der Waals surface area (Å²) in [7, 11) is 2.29. The molecule has 3 aliphatic rings. The third kappa shape index (κ3) is 1.95.